The second kappa shape index (κ2) is 5.79. The summed E-state index contributed by atoms with van der Waals surface area (Å²) in [7, 11) is 3.42. The van der Waals surface area contributed by atoms with E-state index >= 15 is 4.39 Å². The van der Waals surface area contributed by atoms with Crippen LogP contribution in [0.25, 0.3) is 27.7 Å². The summed E-state index contributed by atoms with van der Waals surface area (Å²) in [6, 6.07) is 7.26. The van der Waals surface area contributed by atoms with Gasteiger partial charge in [0.1, 0.15) is 17.3 Å². The van der Waals surface area contributed by atoms with Gasteiger partial charge < -0.3 is 10.1 Å². The number of ether oxygens (including phenoxy) is 1. The van der Waals surface area contributed by atoms with Crippen LogP contribution in [0.1, 0.15) is 25.5 Å². The predicted molar refractivity (Wildman–Crippen MR) is 109 cm³/mol. The zero-order chi connectivity index (χ0) is 20.5. The van der Waals surface area contributed by atoms with Gasteiger partial charge in [0.05, 0.1) is 35.6 Å². The molecule has 0 spiro atoms. The van der Waals surface area contributed by atoms with Gasteiger partial charge in [-0.05, 0) is 32.4 Å². The lowest BCUT2D eigenvalue weighted by molar-refractivity contribution is 0.408. The van der Waals surface area contributed by atoms with Gasteiger partial charge in [0.25, 0.3) is 0 Å². The normalized spacial score (nSPS) is 14.4. The number of benzene rings is 2. The highest BCUT2D eigenvalue weighted by molar-refractivity contribution is 5.98. The third-order valence-corrected chi connectivity index (χ3v) is 5.53. The Morgan fingerprint density at radius 3 is 2.76 bits per heavy atom. The Labute approximate surface area is 167 Å². The molecular weight excluding hydrogens is 371 g/mol. The van der Waals surface area contributed by atoms with E-state index in [1.54, 1.807) is 18.0 Å². The minimum absolute atomic E-state index is 0.366. The van der Waals surface area contributed by atoms with Crippen LogP contribution in [-0.2, 0) is 12.6 Å². The van der Waals surface area contributed by atoms with Crippen LogP contribution in [0.4, 0.5) is 10.1 Å². The molecule has 2 aromatic heterocycles. The summed E-state index contributed by atoms with van der Waals surface area (Å²) in [5.41, 5.74) is 2.89. The minimum Gasteiger partial charge on any atom is -0.494 e. The van der Waals surface area contributed by atoms with Gasteiger partial charge in [-0.2, -0.15) is 5.10 Å². The number of rotatable bonds is 2. The van der Waals surface area contributed by atoms with Gasteiger partial charge in [-0.3, -0.25) is 9.25 Å². The van der Waals surface area contributed by atoms with E-state index in [0.717, 1.165) is 22.3 Å². The molecule has 0 unspecified atom stereocenters. The highest BCUT2D eigenvalue weighted by atomic mass is 19.1. The topological polar surface area (TPSA) is 69.8 Å². The number of halogens is 1. The van der Waals surface area contributed by atoms with Crippen molar-refractivity contribution < 1.29 is 9.13 Å². The molecule has 0 atom stereocenters. The number of aromatic nitrogens is 5. The number of fused-ring (bicyclic) bond motifs is 4. The number of hydrogen-bond acceptors (Lipinski definition) is 5. The molecule has 7 nitrogen and oxygen atoms in total. The maximum Gasteiger partial charge on any atom is 0.162 e. The molecule has 0 fully saturated rings. The summed E-state index contributed by atoms with van der Waals surface area (Å²) in [6.45, 7) is 5.86. The maximum atomic E-state index is 15.5. The van der Waals surface area contributed by atoms with Crippen molar-refractivity contribution in [3.05, 3.63) is 47.9 Å². The molecule has 0 saturated heterocycles. The number of hydrogen-bond donors (Lipinski definition) is 1. The van der Waals surface area contributed by atoms with Gasteiger partial charge in [0, 0.05) is 18.5 Å². The fourth-order valence-electron chi connectivity index (χ4n) is 4.21. The Bertz CT molecular complexity index is 1290. The number of nitrogens with one attached hydrogen (secondary N) is 1. The van der Waals surface area contributed by atoms with Crippen molar-refractivity contribution in [2.45, 2.75) is 26.3 Å². The van der Waals surface area contributed by atoms with Crippen LogP contribution in [0.3, 0.4) is 0 Å². The first-order chi connectivity index (χ1) is 13.8. The average Bonchev–Trinajstić information content (AvgIpc) is 3.25. The van der Waals surface area contributed by atoms with Gasteiger partial charge in [-0.25, -0.2) is 4.39 Å². The van der Waals surface area contributed by atoms with Crippen LogP contribution >= 0.6 is 0 Å². The monoisotopic (exact) mass is 392 g/mol. The number of anilines is 1. The fourth-order valence-corrected chi connectivity index (χ4v) is 4.21. The summed E-state index contributed by atoms with van der Waals surface area (Å²) in [6.07, 6.45) is 1.75. The standard InChI is InChI=1S/C21H21FN6O/c1-11-25-26-20-21(2,3)24-15-9-14(22)17(19(29-5)18(15)28(11)20)12-7-6-8-16-13(12)10-23-27(16)4/h6-10,24H,1-5H3. The molecule has 1 aliphatic rings. The van der Waals surface area contributed by atoms with Crippen molar-refractivity contribution in [1.29, 1.82) is 0 Å². The SMILES string of the molecule is COc1c(-c2cccc3c2cnn3C)c(F)cc2c1-n1c(C)nnc1C(C)(C)N2. The van der Waals surface area contributed by atoms with Crippen LogP contribution in [-0.4, -0.2) is 31.7 Å². The van der Waals surface area contributed by atoms with Crippen LogP contribution in [0, 0.1) is 12.7 Å². The number of aryl methyl sites for hydroxylation is 2. The van der Waals surface area contributed by atoms with Crippen LogP contribution in [0.15, 0.2) is 30.5 Å². The fraction of sp³-hybridized carbons (Fsp3) is 0.286. The summed E-state index contributed by atoms with van der Waals surface area (Å²) in [5.74, 6) is 1.53. The van der Waals surface area contributed by atoms with E-state index in [0.29, 0.717) is 28.5 Å². The Morgan fingerprint density at radius 1 is 1.21 bits per heavy atom. The zero-order valence-corrected chi connectivity index (χ0v) is 16.9. The third-order valence-electron chi connectivity index (χ3n) is 5.53. The third kappa shape index (κ3) is 2.31. The highest BCUT2D eigenvalue weighted by Gasteiger charge is 2.37. The Kier molecular flexibility index (Phi) is 3.53. The molecule has 29 heavy (non-hydrogen) atoms. The first kappa shape index (κ1) is 17.7. The largest absolute Gasteiger partial charge is 0.494 e. The van der Waals surface area contributed by atoms with Gasteiger partial charge >= 0.3 is 0 Å². The molecule has 0 aliphatic carbocycles. The molecule has 1 aliphatic heterocycles. The lowest BCUT2D eigenvalue weighted by Gasteiger charge is -2.35. The lowest BCUT2D eigenvalue weighted by Crippen LogP contribution is -2.36. The lowest BCUT2D eigenvalue weighted by atomic mass is 9.95. The molecule has 0 bridgehead atoms. The maximum absolute atomic E-state index is 15.5. The minimum atomic E-state index is -0.503. The van der Waals surface area contributed by atoms with E-state index in [9.17, 15) is 0 Å². The summed E-state index contributed by atoms with van der Waals surface area (Å²) < 4.78 is 25.0. The van der Waals surface area contributed by atoms with Gasteiger partial charge in [-0.1, -0.05) is 12.1 Å². The molecule has 0 radical (unpaired) electrons. The van der Waals surface area contributed by atoms with Gasteiger partial charge in [0.15, 0.2) is 11.6 Å². The average molecular weight is 392 g/mol. The van der Waals surface area contributed by atoms with Crippen molar-refractivity contribution in [3.63, 3.8) is 0 Å². The molecule has 4 aromatic rings. The molecule has 8 heteroatoms. The second-order valence-electron chi connectivity index (χ2n) is 7.83. The summed E-state index contributed by atoms with van der Waals surface area (Å²) in [5, 5.41) is 17.2. The van der Waals surface area contributed by atoms with Crippen molar-refractivity contribution in [2.75, 3.05) is 12.4 Å². The van der Waals surface area contributed by atoms with Crippen molar-refractivity contribution in [1.82, 2.24) is 24.5 Å². The Hall–Kier alpha value is -3.42. The van der Waals surface area contributed by atoms with Crippen molar-refractivity contribution >= 4 is 16.6 Å². The first-order valence-corrected chi connectivity index (χ1v) is 9.36. The highest BCUT2D eigenvalue weighted by Crippen LogP contribution is 2.48. The molecule has 1 N–H and O–H groups in total. The molecule has 5 rings (SSSR count). The zero-order valence-electron chi connectivity index (χ0n) is 16.9. The molecular formula is C21H21FN6O. The van der Waals surface area contributed by atoms with Crippen molar-refractivity contribution in [2.24, 2.45) is 7.05 Å². The quantitative estimate of drug-likeness (QED) is 0.560. The van der Waals surface area contributed by atoms with E-state index in [-0.39, 0.29) is 5.82 Å². The number of nitrogens with zero attached hydrogens (tertiary/aromatic N) is 5. The van der Waals surface area contributed by atoms with Crippen molar-refractivity contribution in [3.8, 4) is 22.6 Å². The van der Waals surface area contributed by atoms with E-state index in [1.807, 2.05) is 50.6 Å². The van der Waals surface area contributed by atoms with Crippen LogP contribution < -0.4 is 10.1 Å². The van der Waals surface area contributed by atoms with E-state index in [2.05, 4.69) is 20.6 Å². The summed E-state index contributed by atoms with van der Waals surface area (Å²) in [4.78, 5) is 0. The molecule has 0 saturated carbocycles. The molecule has 0 amide bonds. The first-order valence-electron chi connectivity index (χ1n) is 9.36. The molecule has 3 heterocycles. The van der Waals surface area contributed by atoms with E-state index in [4.69, 9.17) is 4.74 Å². The van der Waals surface area contributed by atoms with Crippen LogP contribution in [0.2, 0.25) is 0 Å². The second-order valence-corrected chi connectivity index (χ2v) is 7.83. The van der Waals surface area contributed by atoms with Gasteiger partial charge in [0.2, 0.25) is 0 Å². The number of methoxy groups -OCH3 is 1. The summed E-state index contributed by atoms with van der Waals surface area (Å²) >= 11 is 0. The Balaban J connectivity index is 1.89. The molecule has 2 aromatic carbocycles. The van der Waals surface area contributed by atoms with E-state index in [1.165, 1.54) is 6.07 Å². The van der Waals surface area contributed by atoms with E-state index < -0.39 is 5.54 Å². The predicted octanol–water partition coefficient (Wildman–Crippen LogP) is 3.94. The van der Waals surface area contributed by atoms with Gasteiger partial charge in [-0.15, -0.1) is 10.2 Å². The molecule has 148 valence electrons. The Morgan fingerprint density at radius 2 is 2.00 bits per heavy atom. The smallest absolute Gasteiger partial charge is 0.162 e. The van der Waals surface area contributed by atoms with Crippen LogP contribution in [0.5, 0.6) is 5.75 Å².